The molecule has 0 aromatic heterocycles. The second-order valence-electron chi connectivity index (χ2n) is 8.25. The maximum absolute atomic E-state index is 13.1. The van der Waals surface area contributed by atoms with Gasteiger partial charge in [0.15, 0.2) is 0 Å². The Kier molecular flexibility index (Phi) is 5.20. The molecule has 7 heteroatoms. The molecule has 2 atom stereocenters. The average molecular weight is 395 g/mol. The molecule has 0 bridgehead atoms. The van der Waals surface area contributed by atoms with Crippen molar-refractivity contribution in [3.63, 3.8) is 0 Å². The molecule has 0 spiro atoms. The van der Waals surface area contributed by atoms with E-state index in [1.54, 1.807) is 4.90 Å². The molecule has 148 valence electrons. The van der Waals surface area contributed by atoms with Gasteiger partial charge in [0.25, 0.3) is 0 Å². The Hall–Kier alpha value is -1.73. The van der Waals surface area contributed by atoms with E-state index in [2.05, 4.69) is 19.9 Å². The van der Waals surface area contributed by atoms with Crippen molar-refractivity contribution in [2.24, 2.45) is 17.3 Å². The van der Waals surface area contributed by atoms with Crippen LogP contribution < -0.4 is 0 Å². The standard InChI is InChI=1S/C20H27FN2O3S/c1-14(2)13-17-18(20(17,3)4)19(24)22-9-11-23(12-10-22)27(25,26)16-7-5-15(21)6-8-16/h5-8,13,17-18H,9-12H2,1-4H3. The van der Waals surface area contributed by atoms with Crippen molar-refractivity contribution in [2.45, 2.75) is 32.6 Å². The van der Waals surface area contributed by atoms with Crippen LogP contribution in [0.3, 0.4) is 0 Å². The highest BCUT2D eigenvalue weighted by Crippen LogP contribution is 2.60. The van der Waals surface area contributed by atoms with Gasteiger partial charge in [0.05, 0.1) is 10.8 Å². The summed E-state index contributed by atoms with van der Waals surface area (Å²) < 4.78 is 39.8. The molecule has 0 radical (unpaired) electrons. The lowest BCUT2D eigenvalue weighted by Gasteiger charge is -2.34. The van der Waals surface area contributed by atoms with Gasteiger partial charge in [-0.1, -0.05) is 25.5 Å². The smallest absolute Gasteiger partial charge is 0.243 e. The summed E-state index contributed by atoms with van der Waals surface area (Å²) in [4.78, 5) is 14.8. The molecule has 2 fully saturated rings. The van der Waals surface area contributed by atoms with Crippen molar-refractivity contribution in [1.29, 1.82) is 0 Å². The summed E-state index contributed by atoms with van der Waals surface area (Å²) in [6.07, 6.45) is 2.16. The molecule has 2 unspecified atom stereocenters. The van der Waals surface area contributed by atoms with Gasteiger partial charge in [-0.05, 0) is 49.4 Å². The van der Waals surface area contributed by atoms with Crippen molar-refractivity contribution in [2.75, 3.05) is 26.2 Å². The van der Waals surface area contributed by atoms with E-state index in [1.165, 1.54) is 22.0 Å². The molecule has 1 saturated heterocycles. The molecule has 1 aromatic carbocycles. The van der Waals surface area contributed by atoms with E-state index in [1.807, 2.05) is 13.8 Å². The number of piperazine rings is 1. The Morgan fingerprint density at radius 3 is 2.19 bits per heavy atom. The number of sulfonamides is 1. The van der Waals surface area contributed by atoms with Crippen LogP contribution in [0, 0.1) is 23.1 Å². The summed E-state index contributed by atoms with van der Waals surface area (Å²) in [6, 6.07) is 4.84. The van der Waals surface area contributed by atoms with Crippen molar-refractivity contribution >= 4 is 15.9 Å². The largest absolute Gasteiger partial charge is 0.340 e. The highest BCUT2D eigenvalue weighted by Gasteiger charge is 2.61. The monoisotopic (exact) mass is 394 g/mol. The lowest BCUT2D eigenvalue weighted by atomic mass is 10.1. The Labute approximate surface area is 160 Å². The van der Waals surface area contributed by atoms with Gasteiger partial charge in [-0.2, -0.15) is 4.31 Å². The van der Waals surface area contributed by atoms with Gasteiger partial charge in [-0.15, -0.1) is 0 Å². The maximum Gasteiger partial charge on any atom is 0.243 e. The zero-order chi connectivity index (χ0) is 20.0. The van der Waals surface area contributed by atoms with E-state index in [9.17, 15) is 17.6 Å². The minimum Gasteiger partial charge on any atom is -0.340 e. The van der Waals surface area contributed by atoms with E-state index in [0.717, 1.165) is 12.1 Å². The van der Waals surface area contributed by atoms with E-state index in [4.69, 9.17) is 0 Å². The number of hydrogen-bond acceptors (Lipinski definition) is 3. The first kappa shape index (κ1) is 20.0. The van der Waals surface area contributed by atoms with E-state index in [0.29, 0.717) is 13.1 Å². The fraction of sp³-hybridized carbons (Fsp3) is 0.550. The molecular formula is C20H27FN2O3S. The minimum absolute atomic E-state index is 0.0346. The van der Waals surface area contributed by atoms with Crippen LogP contribution >= 0.6 is 0 Å². The molecular weight excluding hydrogens is 367 g/mol. The number of rotatable bonds is 4. The van der Waals surface area contributed by atoms with E-state index in [-0.39, 0.29) is 41.1 Å². The zero-order valence-corrected chi connectivity index (χ0v) is 17.1. The van der Waals surface area contributed by atoms with Gasteiger partial charge in [0.1, 0.15) is 5.82 Å². The molecule has 1 heterocycles. The van der Waals surface area contributed by atoms with E-state index >= 15 is 0 Å². The predicted octanol–water partition coefficient (Wildman–Crippen LogP) is 2.90. The molecule has 2 aliphatic rings. The first-order chi connectivity index (χ1) is 12.5. The van der Waals surface area contributed by atoms with Gasteiger partial charge in [-0.3, -0.25) is 4.79 Å². The molecule has 0 N–H and O–H groups in total. The number of amides is 1. The Morgan fingerprint density at radius 1 is 1.11 bits per heavy atom. The van der Waals surface area contributed by atoms with Crippen LogP contribution in [0.4, 0.5) is 4.39 Å². The molecule has 1 saturated carbocycles. The lowest BCUT2D eigenvalue weighted by Crippen LogP contribution is -2.51. The van der Waals surface area contributed by atoms with Crippen LogP contribution in [0.5, 0.6) is 0 Å². The number of benzene rings is 1. The quantitative estimate of drug-likeness (QED) is 0.738. The number of allylic oxidation sites excluding steroid dienone is 2. The summed E-state index contributed by atoms with van der Waals surface area (Å²) >= 11 is 0. The molecule has 5 nitrogen and oxygen atoms in total. The maximum atomic E-state index is 13.1. The van der Waals surface area contributed by atoms with Gasteiger partial charge >= 0.3 is 0 Å². The van der Waals surface area contributed by atoms with Gasteiger partial charge in [0, 0.05) is 26.2 Å². The minimum atomic E-state index is -3.66. The number of carbonyl (C=O) groups excluding carboxylic acids is 1. The Morgan fingerprint density at radius 2 is 1.67 bits per heavy atom. The van der Waals surface area contributed by atoms with Crippen LogP contribution in [0.2, 0.25) is 0 Å². The molecule has 27 heavy (non-hydrogen) atoms. The van der Waals surface area contributed by atoms with Crippen molar-refractivity contribution in [3.05, 3.63) is 41.7 Å². The van der Waals surface area contributed by atoms with E-state index < -0.39 is 15.8 Å². The lowest BCUT2D eigenvalue weighted by molar-refractivity contribution is -0.134. The first-order valence-corrected chi connectivity index (χ1v) is 10.7. The van der Waals surface area contributed by atoms with Gasteiger partial charge < -0.3 is 4.90 Å². The SMILES string of the molecule is CC(C)=CC1C(C(=O)N2CCN(S(=O)(=O)c3ccc(F)cc3)CC2)C1(C)C. The first-order valence-electron chi connectivity index (χ1n) is 9.24. The van der Waals surface area contributed by atoms with Crippen LogP contribution in [-0.4, -0.2) is 49.7 Å². The Balaban J connectivity index is 1.65. The number of halogens is 1. The molecule has 1 aliphatic heterocycles. The average Bonchev–Trinajstić information content (AvgIpc) is 3.14. The van der Waals surface area contributed by atoms with Crippen LogP contribution in [0.1, 0.15) is 27.7 Å². The Bertz CT molecular complexity index is 850. The summed E-state index contributed by atoms with van der Waals surface area (Å²) in [6.45, 7) is 9.56. The third kappa shape index (κ3) is 3.80. The molecule has 1 amide bonds. The summed E-state index contributed by atoms with van der Waals surface area (Å²) in [7, 11) is -3.66. The third-order valence-corrected chi connectivity index (χ3v) is 7.60. The normalized spacial score (nSPS) is 25.1. The van der Waals surface area contributed by atoms with Crippen LogP contribution in [0.25, 0.3) is 0 Å². The molecule has 3 rings (SSSR count). The van der Waals surface area contributed by atoms with Crippen molar-refractivity contribution in [3.8, 4) is 0 Å². The summed E-state index contributed by atoms with van der Waals surface area (Å²) in [5, 5.41) is 0. The van der Waals surface area contributed by atoms with Gasteiger partial charge in [0.2, 0.25) is 15.9 Å². The second-order valence-corrected chi connectivity index (χ2v) is 10.2. The fourth-order valence-corrected chi connectivity index (χ4v) is 5.34. The topological polar surface area (TPSA) is 57.7 Å². The predicted molar refractivity (Wildman–Crippen MR) is 102 cm³/mol. The van der Waals surface area contributed by atoms with Crippen LogP contribution in [-0.2, 0) is 14.8 Å². The number of nitrogens with zero attached hydrogens (tertiary/aromatic N) is 2. The van der Waals surface area contributed by atoms with Gasteiger partial charge in [-0.25, -0.2) is 12.8 Å². The highest BCUT2D eigenvalue weighted by atomic mass is 32.2. The summed E-state index contributed by atoms with van der Waals surface area (Å²) in [5.41, 5.74) is 1.16. The molecule has 1 aliphatic carbocycles. The van der Waals surface area contributed by atoms with Crippen LogP contribution in [0.15, 0.2) is 40.8 Å². The zero-order valence-electron chi connectivity index (χ0n) is 16.3. The van der Waals surface area contributed by atoms with Crippen molar-refractivity contribution < 1.29 is 17.6 Å². The number of hydrogen-bond donors (Lipinski definition) is 0. The number of carbonyl (C=O) groups is 1. The van der Waals surface area contributed by atoms with Crippen molar-refractivity contribution in [1.82, 2.24) is 9.21 Å². The fourth-order valence-electron chi connectivity index (χ4n) is 3.92. The third-order valence-electron chi connectivity index (χ3n) is 5.69. The highest BCUT2D eigenvalue weighted by molar-refractivity contribution is 7.89. The molecule has 1 aromatic rings. The summed E-state index contributed by atoms with van der Waals surface area (Å²) in [5.74, 6) is -0.146. The second kappa shape index (κ2) is 7.02.